The first-order valence-electron chi connectivity index (χ1n) is 5.06. The smallest absolute Gasteiger partial charge is 0.342 e. The monoisotopic (exact) mass is 242 g/mol. The van der Waals surface area contributed by atoms with Crippen LogP contribution in [0.4, 0.5) is 5.82 Å². The Bertz CT molecular complexity index is 504. The summed E-state index contributed by atoms with van der Waals surface area (Å²) in [6.07, 6.45) is -0.242. The SMILES string of the molecule is CC(C)OC(=O)[C@@H](C)Nc1n[nH]c(=O)[nH]c1=O. The zero-order valence-corrected chi connectivity index (χ0v) is 9.73. The first-order valence-corrected chi connectivity index (χ1v) is 5.06. The fourth-order valence-corrected chi connectivity index (χ4v) is 1.04. The normalized spacial score (nSPS) is 12.2. The Labute approximate surface area is 96.4 Å². The third-order valence-electron chi connectivity index (χ3n) is 1.77. The lowest BCUT2D eigenvalue weighted by atomic mass is 10.3. The number of H-pyrrole nitrogens is 2. The molecule has 8 heteroatoms. The molecule has 1 heterocycles. The van der Waals surface area contributed by atoms with Gasteiger partial charge in [0, 0.05) is 0 Å². The summed E-state index contributed by atoms with van der Waals surface area (Å²) < 4.78 is 4.93. The maximum atomic E-state index is 11.4. The summed E-state index contributed by atoms with van der Waals surface area (Å²) in [6, 6.07) is -0.739. The van der Waals surface area contributed by atoms with Crippen molar-refractivity contribution in [3.05, 3.63) is 20.8 Å². The molecule has 0 saturated heterocycles. The molecular formula is C9H14N4O4. The molecule has 94 valence electrons. The molecule has 0 aromatic carbocycles. The van der Waals surface area contributed by atoms with Crippen LogP contribution in [0, 0.1) is 0 Å². The predicted octanol–water partition coefficient (Wildman–Crippen LogP) is -0.790. The number of nitrogens with zero attached hydrogens (tertiary/aromatic N) is 1. The maximum Gasteiger partial charge on any atom is 0.342 e. The molecule has 0 bridgehead atoms. The van der Waals surface area contributed by atoms with E-state index < -0.39 is 23.3 Å². The number of aromatic amines is 2. The zero-order chi connectivity index (χ0) is 13.0. The Hall–Kier alpha value is -2.12. The second-order valence-corrected chi connectivity index (χ2v) is 3.71. The number of ether oxygens (including phenoxy) is 1. The van der Waals surface area contributed by atoms with Crippen LogP contribution < -0.4 is 16.6 Å². The van der Waals surface area contributed by atoms with Crippen molar-refractivity contribution >= 4 is 11.8 Å². The highest BCUT2D eigenvalue weighted by Crippen LogP contribution is 1.99. The maximum absolute atomic E-state index is 11.4. The molecular weight excluding hydrogens is 228 g/mol. The number of aromatic nitrogens is 3. The molecule has 0 aliphatic rings. The highest BCUT2D eigenvalue weighted by atomic mass is 16.5. The quantitative estimate of drug-likeness (QED) is 0.596. The minimum atomic E-state index is -0.739. The van der Waals surface area contributed by atoms with Crippen molar-refractivity contribution in [1.29, 1.82) is 0 Å². The van der Waals surface area contributed by atoms with Crippen LogP contribution in [0.3, 0.4) is 0 Å². The lowest BCUT2D eigenvalue weighted by Crippen LogP contribution is -2.35. The number of esters is 1. The second-order valence-electron chi connectivity index (χ2n) is 3.71. The van der Waals surface area contributed by atoms with Gasteiger partial charge in [-0.15, -0.1) is 5.10 Å². The zero-order valence-electron chi connectivity index (χ0n) is 9.73. The molecule has 3 N–H and O–H groups in total. The standard InChI is InChI=1S/C9H14N4O4/c1-4(2)17-8(15)5(3)10-6-7(14)11-9(16)13-12-6/h4-5H,1-3H3,(H,10,12)(H2,11,13,14,16)/t5-/m1/s1. The summed E-state index contributed by atoms with van der Waals surface area (Å²) >= 11 is 0. The number of anilines is 1. The van der Waals surface area contributed by atoms with Gasteiger partial charge in [-0.2, -0.15) is 0 Å². The first kappa shape index (κ1) is 12.9. The average molecular weight is 242 g/mol. The van der Waals surface area contributed by atoms with Gasteiger partial charge in [0.2, 0.25) is 5.82 Å². The number of carbonyl (C=O) groups is 1. The number of hydrogen-bond donors (Lipinski definition) is 3. The largest absolute Gasteiger partial charge is 0.461 e. The minimum Gasteiger partial charge on any atom is -0.461 e. The van der Waals surface area contributed by atoms with E-state index in [0.717, 1.165) is 0 Å². The van der Waals surface area contributed by atoms with Gasteiger partial charge in [0.05, 0.1) is 6.10 Å². The first-order chi connectivity index (χ1) is 7.90. The highest BCUT2D eigenvalue weighted by molar-refractivity contribution is 5.78. The summed E-state index contributed by atoms with van der Waals surface area (Å²) in [7, 11) is 0. The lowest BCUT2D eigenvalue weighted by molar-refractivity contribution is -0.147. The molecule has 0 spiro atoms. The van der Waals surface area contributed by atoms with Crippen molar-refractivity contribution < 1.29 is 9.53 Å². The van der Waals surface area contributed by atoms with Gasteiger partial charge in [0.1, 0.15) is 6.04 Å². The number of rotatable bonds is 4. The molecule has 1 aromatic rings. The van der Waals surface area contributed by atoms with Crippen LogP contribution in [0.5, 0.6) is 0 Å². The molecule has 0 amide bonds. The summed E-state index contributed by atoms with van der Waals surface area (Å²) in [5, 5.41) is 8.07. The minimum absolute atomic E-state index is 0.141. The van der Waals surface area contributed by atoms with Gasteiger partial charge < -0.3 is 10.1 Å². The van der Waals surface area contributed by atoms with Crippen molar-refractivity contribution in [2.45, 2.75) is 32.9 Å². The molecule has 8 nitrogen and oxygen atoms in total. The van der Waals surface area contributed by atoms with Crippen molar-refractivity contribution in [2.75, 3.05) is 5.32 Å². The Morgan fingerprint density at radius 3 is 2.53 bits per heavy atom. The van der Waals surface area contributed by atoms with Gasteiger partial charge in [-0.3, -0.25) is 9.78 Å². The van der Waals surface area contributed by atoms with Crippen LogP contribution in [0.2, 0.25) is 0 Å². The van der Waals surface area contributed by atoms with E-state index in [1.165, 1.54) is 6.92 Å². The number of hydrogen-bond acceptors (Lipinski definition) is 6. The van der Waals surface area contributed by atoms with Crippen molar-refractivity contribution in [2.24, 2.45) is 0 Å². The molecule has 0 radical (unpaired) electrons. The lowest BCUT2D eigenvalue weighted by Gasteiger charge is -2.14. The average Bonchev–Trinajstić information content (AvgIpc) is 2.21. The third kappa shape index (κ3) is 3.74. The summed E-state index contributed by atoms with van der Waals surface area (Å²) in [5.74, 6) is -0.648. The van der Waals surface area contributed by atoms with E-state index in [2.05, 4.69) is 15.5 Å². The van der Waals surface area contributed by atoms with E-state index in [-0.39, 0.29) is 11.9 Å². The molecule has 1 aromatic heterocycles. The summed E-state index contributed by atoms with van der Waals surface area (Å²) in [6.45, 7) is 4.96. The van der Waals surface area contributed by atoms with Gasteiger partial charge in [-0.25, -0.2) is 14.7 Å². The Kier molecular flexibility index (Phi) is 4.02. The van der Waals surface area contributed by atoms with Crippen molar-refractivity contribution in [3.63, 3.8) is 0 Å². The van der Waals surface area contributed by atoms with E-state index in [4.69, 9.17) is 4.74 Å². The van der Waals surface area contributed by atoms with Gasteiger partial charge in [0.15, 0.2) is 0 Å². The number of nitrogens with one attached hydrogen (secondary N) is 3. The summed E-state index contributed by atoms with van der Waals surface area (Å²) in [4.78, 5) is 35.4. The molecule has 0 aliphatic heterocycles. The Balaban J connectivity index is 2.74. The number of carbonyl (C=O) groups excluding carboxylic acids is 1. The van der Waals surface area contributed by atoms with Gasteiger partial charge >= 0.3 is 11.7 Å². The van der Waals surface area contributed by atoms with E-state index in [9.17, 15) is 14.4 Å². The van der Waals surface area contributed by atoms with Crippen LogP contribution in [0.1, 0.15) is 20.8 Å². The van der Waals surface area contributed by atoms with Crippen molar-refractivity contribution in [1.82, 2.24) is 15.2 Å². The molecule has 1 atom stereocenters. The fraction of sp³-hybridized carbons (Fsp3) is 0.556. The third-order valence-corrected chi connectivity index (χ3v) is 1.77. The van der Waals surface area contributed by atoms with Crippen LogP contribution >= 0.6 is 0 Å². The molecule has 0 aliphatic carbocycles. The Morgan fingerprint density at radius 1 is 1.35 bits per heavy atom. The molecule has 1 rings (SSSR count). The Morgan fingerprint density at radius 2 is 2.00 bits per heavy atom. The van der Waals surface area contributed by atoms with Crippen LogP contribution in [0.15, 0.2) is 9.59 Å². The van der Waals surface area contributed by atoms with Gasteiger partial charge in [0.25, 0.3) is 5.56 Å². The predicted molar refractivity (Wildman–Crippen MR) is 59.8 cm³/mol. The fourth-order valence-electron chi connectivity index (χ4n) is 1.04. The van der Waals surface area contributed by atoms with Crippen LogP contribution in [0.25, 0.3) is 0 Å². The molecule has 0 fully saturated rings. The van der Waals surface area contributed by atoms with Crippen molar-refractivity contribution in [3.8, 4) is 0 Å². The second kappa shape index (κ2) is 5.28. The topological polar surface area (TPSA) is 117 Å². The van der Waals surface area contributed by atoms with E-state index in [0.29, 0.717) is 0 Å². The van der Waals surface area contributed by atoms with E-state index >= 15 is 0 Å². The summed E-state index contributed by atoms with van der Waals surface area (Å²) in [5.41, 5.74) is -1.41. The van der Waals surface area contributed by atoms with E-state index in [1.807, 2.05) is 4.98 Å². The van der Waals surface area contributed by atoms with Gasteiger partial charge in [-0.05, 0) is 20.8 Å². The van der Waals surface area contributed by atoms with Crippen LogP contribution in [-0.2, 0) is 9.53 Å². The van der Waals surface area contributed by atoms with Gasteiger partial charge in [-0.1, -0.05) is 0 Å². The molecule has 0 unspecified atom stereocenters. The molecule has 0 saturated carbocycles. The highest BCUT2D eigenvalue weighted by Gasteiger charge is 2.17. The van der Waals surface area contributed by atoms with Crippen LogP contribution in [-0.4, -0.2) is 33.3 Å². The molecule has 17 heavy (non-hydrogen) atoms. The van der Waals surface area contributed by atoms with E-state index in [1.54, 1.807) is 13.8 Å².